The lowest BCUT2D eigenvalue weighted by atomic mass is 9.90. The van der Waals surface area contributed by atoms with Gasteiger partial charge in [0.2, 0.25) is 0 Å². The fourth-order valence-electron chi connectivity index (χ4n) is 8.34. The molecule has 9 aromatic carbocycles. The Labute approximate surface area is 336 Å². The summed E-state index contributed by atoms with van der Waals surface area (Å²) in [5.41, 5.74) is 11.8. The summed E-state index contributed by atoms with van der Waals surface area (Å²) in [4.78, 5) is 15.0. The van der Waals surface area contributed by atoms with Crippen LogP contribution in [0.2, 0.25) is 0 Å². The van der Waals surface area contributed by atoms with Gasteiger partial charge in [0, 0.05) is 40.0 Å². The van der Waals surface area contributed by atoms with Crippen molar-refractivity contribution >= 4 is 43.1 Å². The predicted molar refractivity (Wildman–Crippen MR) is 242 cm³/mol. The van der Waals surface area contributed by atoms with Gasteiger partial charge in [-0.1, -0.05) is 182 Å². The quantitative estimate of drug-likeness (QED) is 0.171. The molecule has 0 N–H and O–H groups in total. The van der Waals surface area contributed by atoms with Gasteiger partial charge in [-0.15, -0.1) is 0 Å². The van der Waals surface area contributed by atoms with Crippen molar-refractivity contribution in [3.8, 4) is 67.3 Å². The molecule has 0 atom stereocenters. The largest absolute Gasteiger partial charge is 0.263 e. The summed E-state index contributed by atoms with van der Waals surface area (Å²) < 4.78 is 0. The van der Waals surface area contributed by atoms with Crippen molar-refractivity contribution < 1.29 is 0 Å². The monoisotopic (exact) mass is 737 g/mol. The summed E-state index contributed by atoms with van der Waals surface area (Å²) in [6.07, 6.45) is 3.92. The number of fused-ring (bicyclic) bond motifs is 4. The second-order valence-corrected chi connectivity index (χ2v) is 14.9. The van der Waals surface area contributed by atoms with E-state index in [0.717, 1.165) is 50.2 Å². The van der Waals surface area contributed by atoms with Gasteiger partial charge in [0.25, 0.3) is 0 Å². The molecule has 11 rings (SSSR count). The van der Waals surface area contributed by atoms with E-state index in [1.165, 1.54) is 54.4 Å². The van der Waals surface area contributed by atoms with E-state index in [2.05, 4.69) is 205 Å². The van der Waals surface area contributed by atoms with E-state index in [4.69, 9.17) is 9.97 Å². The van der Waals surface area contributed by atoms with Gasteiger partial charge in [-0.3, -0.25) is 4.98 Å². The third kappa shape index (κ3) is 6.07. The van der Waals surface area contributed by atoms with Crippen LogP contribution in [0.5, 0.6) is 0 Å². The van der Waals surface area contributed by atoms with Crippen molar-refractivity contribution in [3.63, 3.8) is 0 Å². The van der Waals surface area contributed by atoms with Gasteiger partial charge in [0.1, 0.15) is 0 Å². The summed E-state index contributed by atoms with van der Waals surface area (Å²) in [5.74, 6) is 0.694. The fraction of sp³-hybridized carbons (Fsp3) is 0. The lowest BCUT2D eigenvalue weighted by Gasteiger charge is -2.14. The Kier molecular flexibility index (Phi) is 8.15. The van der Waals surface area contributed by atoms with Crippen molar-refractivity contribution in [2.45, 2.75) is 0 Å². The van der Waals surface area contributed by atoms with Crippen LogP contribution in [0.4, 0.5) is 0 Å². The molecule has 0 saturated carbocycles. The van der Waals surface area contributed by atoms with Crippen LogP contribution in [0, 0.1) is 0 Å². The van der Waals surface area contributed by atoms with Crippen LogP contribution in [0.25, 0.3) is 110 Å². The Morgan fingerprint density at radius 3 is 1.45 bits per heavy atom. The normalized spacial score (nSPS) is 11.4. The number of aromatic nitrogens is 3. The third-order valence-corrected chi connectivity index (χ3v) is 11.4. The predicted octanol–water partition coefficient (Wildman–Crippen LogP) is 14.5. The molecule has 11 aromatic rings. The molecule has 0 aliphatic rings. The Hall–Kier alpha value is -7.75. The first-order valence-corrected chi connectivity index (χ1v) is 19.7. The van der Waals surface area contributed by atoms with E-state index in [9.17, 15) is 0 Å². The maximum atomic E-state index is 5.21. The number of benzene rings is 9. The Morgan fingerprint density at radius 1 is 0.259 bits per heavy atom. The first kappa shape index (κ1) is 33.6. The van der Waals surface area contributed by atoms with Crippen molar-refractivity contribution in [2.75, 3.05) is 0 Å². The number of hydrogen-bond acceptors (Lipinski definition) is 3. The van der Waals surface area contributed by atoms with Gasteiger partial charge in [0.05, 0.1) is 11.4 Å². The highest BCUT2D eigenvalue weighted by atomic mass is 14.9. The van der Waals surface area contributed by atoms with Gasteiger partial charge in [-0.2, -0.15) is 0 Å². The molecule has 2 heterocycles. The molecule has 3 nitrogen and oxygen atoms in total. The highest BCUT2D eigenvalue weighted by Gasteiger charge is 2.15. The van der Waals surface area contributed by atoms with E-state index in [0.29, 0.717) is 5.82 Å². The van der Waals surface area contributed by atoms with Crippen molar-refractivity contribution in [3.05, 3.63) is 213 Å². The molecular formula is C55H35N3. The molecule has 0 aliphatic heterocycles. The molecule has 0 bridgehead atoms. The second-order valence-electron chi connectivity index (χ2n) is 14.9. The summed E-state index contributed by atoms with van der Waals surface area (Å²) in [5, 5.41) is 9.60. The van der Waals surface area contributed by atoms with Crippen molar-refractivity contribution in [1.29, 1.82) is 0 Å². The SMILES string of the molecule is c1ccc2cc(-c3ccc(-c4nc(-c5ccc(-c6ccc(-c7cncc8ccccc78)c7ccccc67)cc5)cc(-c5ccc6ccccc6c5)n4)cc3)ccc2c1. The lowest BCUT2D eigenvalue weighted by Crippen LogP contribution is -1.96. The average molecular weight is 738 g/mol. The highest BCUT2D eigenvalue weighted by Crippen LogP contribution is 2.39. The first-order chi connectivity index (χ1) is 28.7. The number of hydrogen-bond donors (Lipinski definition) is 0. The summed E-state index contributed by atoms with van der Waals surface area (Å²) in [6.45, 7) is 0. The standard InChI is InChI=1S/C55H35N3/c1-3-11-42-31-44(27-19-36(42)9-1)38-17-25-41(26-18-38)55-57-53(33-54(58-55)45-28-20-37-10-2-4-12-43(37)32-45)40-23-21-39(22-24-40)48-29-30-51(50-16-8-7-15-49(48)50)52-35-56-34-46-13-5-6-14-47(46)52/h1-35H. The van der Waals surface area contributed by atoms with Crippen LogP contribution in [-0.4, -0.2) is 15.0 Å². The minimum absolute atomic E-state index is 0.694. The zero-order chi connectivity index (χ0) is 38.4. The molecule has 0 saturated heterocycles. The molecule has 0 aliphatic carbocycles. The fourth-order valence-corrected chi connectivity index (χ4v) is 8.34. The molecule has 0 fully saturated rings. The van der Waals surface area contributed by atoms with Crippen LogP contribution in [-0.2, 0) is 0 Å². The van der Waals surface area contributed by atoms with Gasteiger partial charge in [-0.25, -0.2) is 9.97 Å². The van der Waals surface area contributed by atoms with E-state index >= 15 is 0 Å². The van der Waals surface area contributed by atoms with Crippen LogP contribution in [0.1, 0.15) is 0 Å². The van der Waals surface area contributed by atoms with Crippen LogP contribution in [0.15, 0.2) is 213 Å². The Balaban J connectivity index is 0.985. The van der Waals surface area contributed by atoms with Crippen LogP contribution in [0.3, 0.4) is 0 Å². The molecule has 2 aromatic heterocycles. The molecule has 58 heavy (non-hydrogen) atoms. The topological polar surface area (TPSA) is 38.7 Å². The molecular weight excluding hydrogens is 703 g/mol. The summed E-state index contributed by atoms with van der Waals surface area (Å²) >= 11 is 0. The second kappa shape index (κ2) is 14.1. The number of rotatable bonds is 6. The Morgan fingerprint density at radius 2 is 0.741 bits per heavy atom. The van der Waals surface area contributed by atoms with E-state index in [1.807, 2.05) is 12.4 Å². The molecule has 0 amide bonds. The van der Waals surface area contributed by atoms with Crippen LogP contribution >= 0.6 is 0 Å². The maximum absolute atomic E-state index is 5.21. The number of nitrogens with zero attached hydrogens (tertiary/aromatic N) is 3. The van der Waals surface area contributed by atoms with Gasteiger partial charge < -0.3 is 0 Å². The summed E-state index contributed by atoms with van der Waals surface area (Å²) in [7, 11) is 0. The van der Waals surface area contributed by atoms with Gasteiger partial charge >= 0.3 is 0 Å². The van der Waals surface area contributed by atoms with E-state index in [-0.39, 0.29) is 0 Å². The first-order valence-electron chi connectivity index (χ1n) is 19.7. The van der Waals surface area contributed by atoms with Crippen molar-refractivity contribution in [2.24, 2.45) is 0 Å². The highest BCUT2D eigenvalue weighted by molar-refractivity contribution is 6.09. The van der Waals surface area contributed by atoms with E-state index < -0.39 is 0 Å². The molecule has 0 spiro atoms. The Bertz CT molecular complexity index is 3320. The van der Waals surface area contributed by atoms with Crippen molar-refractivity contribution in [1.82, 2.24) is 15.0 Å². The average Bonchev–Trinajstić information content (AvgIpc) is 3.30. The molecule has 0 unspecified atom stereocenters. The molecule has 3 heteroatoms. The zero-order valence-electron chi connectivity index (χ0n) is 31.5. The zero-order valence-corrected chi connectivity index (χ0v) is 31.5. The van der Waals surface area contributed by atoms with Gasteiger partial charge in [-0.05, 0) is 83.7 Å². The maximum Gasteiger partial charge on any atom is 0.160 e. The molecule has 0 radical (unpaired) electrons. The summed E-state index contributed by atoms with van der Waals surface area (Å²) in [6, 6.07) is 71.3. The third-order valence-electron chi connectivity index (χ3n) is 11.4. The lowest BCUT2D eigenvalue weighted by molar-refractivity contribution is 1.18. The minimum Gasteiger partial charge on any atom is -0.263 e. The number of pyridine rings is 1. The smallest absolute Gasteiger partial charge is 0.160 e. The van der Waals surface area contributed by atoms with Crippen LogP contribution < -0.4 is 0 Å². The van der Waals surface area contributed by atoms with Gasteiger partial charge in [0.15, 0.2) is 5.82 Å². The van der Waals surface area contributed by atoms with E-state index in [1.54, 1.807) is 0 Å². The molecule has 270 valence electrons. The minimum atomic E-state index is 0.694.